The lowest BCUT2D eigenvalue weighted by Gasteiger charge is -2.07. The normalized spacial score (nSPS) is 10.2. The summed E-state index contributed by atoms with van der Waals surface area (Å²) < 4.78 is 18.1. The molecule has 0 fully saturated rings. The van der Waals surface area contributed by atoms with E-state index in [4.69, 9.17) is 16.3 Å². The molecule has 0 amide bonds. The number of benzene rings is 2. The summed E-state index contributed by atoms with van der Waals surface area (Å²) in [4.78, 5) is 21.9. The van der Waals surface area contributed by atoms with Crippen LogP contribution in [-0.4, -0.2) is 10.9 Å². The molecular weight excluding hydrogens is 301 g/mol. The highest BCUT2D eigenvalue weighted by atomic mass is 35.5. The van der Waals surface area contributed by atoms with Crippen LogP contribution in [0.4, 0.5) is 10.1 Å². The van der Waals surface area contributed by atoms with Gasteiger partial charge in [-0.15, -0.1) is 0 Å². The van der Waals surface area contributed by atoms with Gasteiger partial charge in [-0.2, -0.15) is 0 Å². The molecule has 5 nitrogen and oxygen atoms in total. The van der Waals surface area contributed by atoms with Gasteiger partial charge in [-0.25, -0.2) is 9.18 Å². The van der Waals surface area contributed by atoms with E-state index in [0.717, 1.165) is 18.2 Å². The molecule has 0 aromatic heterocycles. The van der Waals surface area contributed by atoms with Crippen LogP contribution in [0.25, 0.3) is 0 Å². The van der Waals surface area contributed by atoms with Crippen LogP contribution in [0.3, 0.4) is 0 Å². The minimum atomic E-state index is -0.985. The lowest BCUT2D eigenvalue weighted by Crippen LogP contribution is -2.09. The van der Waals surface area contributed by atoms with Crippen molar-refractivity contribution in [2.45, 2.75) is 6.61 Å². The maximum atomic E-state index is 13.1. The summed E-state index contributed by atoms with van der Waals surface area (Å²) in [7, 11) is 0. The fourth-order valence-electron chi connectivity index (χ4n) is 1.67. The summed E-state index contributed by atoms with van der Waals surface area (Å²) in [5.74, 6) is -1.74. The number of esters is 1. The van der Waals surface area contributed by atoms with E-state index in [2.05, 4.69) is 0 Å². The largest absolute Gasteiger partial charge is 0.457 e. The number of nitro groups is 1. The molecule has 0 heterocycles. The van der Waals surface area contributed by atoms with Crippen molar-refractivity contribution in [3.05, 3.63) is 74.5 Å². The lowest BCUT2D eigenvalue weighted by atomic mass is 10.2. The van der Waals surface area contributed by atoms with Gasteiger partial charge in [-0.1, -0.05) is 29.8 Å². The molecule has 0 bridgehead atoms. The van der Waals surface area contributed by atoms with E-state index in [1.54, 1.807) is 24.3 Å². The van der Waals surface area contributed by atoms with Crippen molar-refractivity contribution in [2.24, 2.45) is 0 Å². The Hall–Kier alpha value is -2.47. The molecule has 0 saturated heterocycles. The number of nitrogens with zero attached hydrogens (tertiary/aromatic N) is 1. The van der Waals surface area contributed by atoms with E-state index >= 15 is 0 Å². The molecule has 0 spiro atoms. The number of hydrogen-bond acceptors (Lipinski definition) is 4. The Morgan fingerprint density at radius 1 is 1.29 bits per heavy atom. The van der Waals surface area contributed by atoms with Crippen LogP contribution in [0.1, 0.15) is 15.9 Å². The molecule has 0 aliphatic rings. The maximum absolute atomic E-state index is 13.1. The highest BCUT2D eigenvalue weighted by Crippen LogP contribution is 2.22. The smallest absolute Gasteiger partial charge is 0.345 e. The quantitative estimate of drug-likeness (QED) is 0.490. The van der Waals surface area contributed by atoms with Gasteiger partial charge in [0.2, 0.25) is 0 Å². The second kappa shape index (κ2) is 6.32. The zero-order valence-electron chi connectivity index (χ0n) is 10.6. The third-order valence-corrected chi connectivity index (χ3v) is 3.06. The second-order valence-corrected chi connectivity index (χ2v) is 4.49. The number of ether oxygens (including phenoxy) is 1. The Labute approximate surface area is 124 Å². The first-order chi connectivity index (χ1) is 9.99. The molecule has 2 rings (SSSR count). The number of halogens is 2. The molecule has 0 aliphatic carbocycles. The molecular formula is C14H9ClFNO4. The van der Waals surface area contributed by atoms with Gasteiger partial charge in [0.05, 0.1) is 4.92 Å². The first-order valence-electron chi connectivity index (χ1n) is 5.83. The average Bonchev–Trinajstić information content (AvgIpc) is 2.45. The minimum absolute atomic E-state index is 0.161. The Balaban J connectivity index is 2.19. The molecule has 21 heavy (non-hydrogen) atoms. The first kappa shape index (κ1) is 14.9. The molecule has 0 saturated carbocycles. The second-order valence-electron chi connectivity index (χ2n) is 4.09. The standard InChI is InChI=1S/C14H9ClFNO4/c15-12-4-2-1-3-9(12)8-21-14(18)11-7-10(16)5-6-13(11)17(19)20/h1-7H,8H2. The highest BCUT2D eigenvalue weighted by Gasteiger charge is 2.22. The summed E-state index contributed by atoms with van der Waals surface area (Å²) in [6, 6.07) is 9.28. The topological polar surface area (TPSA) is 69.4 Å². The lowest BCUT2D eigenvalue weighted by molar-refractivity contribution is -0.385. The molecule has 2 aromatic rings. The van der Waals surface area contributed by atoms with Gasteiger partial charge in [0.1, 0.15) is 18.0 Å². The zero-order valence-corrected chi connectivity index (χ0v) is 11.3. The van der Waals surface area contributed by atoms with Gasteiger partial charge < -0.3 is 4.74 Å². The predicted octanol–water partition coefficient (Wildman–Crippen LogP) is 3.74. The summed E-state index contributed by atoms with van der Waals surface area (Å²) >= 11 is 5.90. The van der Waals surface area contributed by atoms with Crippen molar-refractivity contribution >= 4 is 23.3 Å². The van der Waals surface area contributed by atoms with Gasteiger partial charge in [-0.05, 0) is 18.2 Å². The van der Waals surface area contributed by atoms with Crippen molar-refractivity contribution in [3.8, 4) is 0 Å². The van der Waals surface area contributed by atoms with Gasteiger partial charge in [0, 0.05) is 16.7 Å². The van der Waals surface area contributed by atoms with E-state index < -0.39 is 28.0 Å². The van der Waals surface area contributed by atoms with Crippen molar-refractivity contribution in [2.75, 3.05) is 0 Å². The van der Waals surface area contributed by atoms with Crippen LogP contribution in [0, 0.1) is 15.9 Å². The van der Waals surface area contributed by atoms with Crippen molar-refractivity contribution in [3.63, 3.8) is 0 Å². The van der Waals surface area contributed by atoms with E-state index in [9.17, 15) is 19.3 Å². The molecule has 0 radical (unpaired) electrons. The number of nitro benzene ring substituents is 1. The highest BCUT2D eigenvalue weighted by molar-refractivity contribution is 6.31. The van der Waals surface area contributed by atoms with Gasteiger partial charge in [0.25, 0.3) is 5.69 Å². The van der Waals surface area contributed by atoms with E-state index in [1.807, 2.05) is 0 Å². The summed E-state index contributed by atoms with van der Waals surface area (Å²) in [6.07, 6.45) is 0. The maximum Gasteiger partial charge on any atom is 0.345 e. The van der Waals surface area contributed by atoms with Crippen LogP contribution < -0.4 is 0 Å². The van der Waals surface area contributed by atoms with Crippen LogP contribution in [0.15, 0.2) is 42.5 Å². The third kappa shape index (κ3) is 3.55. The number of carbonyl (C=O) groups is 1. The zero-order chi connectivity index (χ0) is 15.4. The van der Waals surface area contributed by atoms with Crippen molar-refractivity contribution in [1.82, 2.24) is 0 Å². The Morgan fingerprint density at radius 2 is 2.00 bits per heavy atom. The fraction of sp³-hybridized carbons (Fsp3) is 0.0714. The molecule has 7 heteroatoms. The van der Waals surface area contributed by atoms with Crippen molar-refractivity contribution in [1.29, 1.82) is 0 Å². The monoisotopic (exact) mass is 309 g/mol. The Kier molecular flexibility index (Phi) is 4.49. The Bertz CT molecular complexity index is 705. The summed E-state index contributed by atoms with van der Waals surface area (Å²) in [5, 5.41) is 11.2. The number of hydrogen-bond donors (Lipinski definition) is 0. The average molecular weight is 310 g/mol. The van der Waals surface area contributed by atoms with Crippen LogP contribution in [-0.2, 0) is 11.3 Å². The van der Waals surface area contributed by atoms with E-state index in [-0.39, 0.29) is 6.61 Å². The molecule has 108 valence electrons. The number of rotatable bonds is 4. The van der Waals surface area contributed by atoms with Gasteiger partial charge in [-0.3, -0.25) is 10.1 Å². The third-order valence-electron chi connectivity index (χ3n) is 2.69. The van der Waals surface area contributed by atoms with Crippen LogP contribution in [0.5, 0.6) is 0 Å². The molecule has 2 aromatic carbocycles. The van der Waals surface area contributed by atoms with Gasteiger partial charge in [0.15, 0.2) is 0 Å². The van der Waals surface area contributed by atoms with Crippen LogP contribution >= 0.6 is 11.6 Å². The first-order valence-corrected chi connectivity index (χ1v) is 6.21. The number of carbonyl (C=O) groups excluding carboxylic acids is 1. The minimum Gasteiger partial charge on any atom is -0.457 e. The summed E-state index contributed by atoms with van der Waals surface area (Å²) in [6.45, 7) is -0.161. The molecule has 0 unspecified atom stereocenters. The van der Waals surface area contributed by atoms with E-state index in [1.165, 1.54) is 0 Å². The SMILES string of the molecule is O=C(OCc1ccccc1Cl)c1cc(F)ccc1[N+](=O)[O-]. The van der Waals surface area contributed by atoms with Gasteiger partial charge >= 0.3 is 5.97 Å². The van der Waals surface area contributed by atoms with Crippen LogP contribution in [0.2, 0.25) is 5.02 Å². The van der Waals surface area contributed by atoms with E-state index in [0.29, 0.717) is 10.6 Å². The predicted molar refractivity (Wildman–Crippen MR) is 73.6 cm³/mol. The fourth-order valence-corrected chi connectivity index (χ4v) is 1.86. The molecule has 0 aliphatic heterocycles. The summed E-state index contributed by atoms with van der Waals surface area (Å²) in [5.41, 5.74) is -0.404. The Morgan fingerprint density at radius 3 is 2.67 bits per heavy atom. The molecule has 0 N–H and O–H groups in total. The molecule has 0 atom stereocenters. The van der Waals surface area contributed by atoms with Crippen molar-refractivity contribution < 1.29 is 18.8 Å².